The molecule has 2 nitrogen and oxygen atoms in total. The highest BCUT2D eigenvalue weighted by Crippen LogP contribution is 2.34. The van der Waals surface area contributed by atoms with Crippen LogP contribution in [-0.4, -0.2) is 19.5 Å². The van der Waals surface area contributed by atoms with Crippen LogP contribution in [0.25, 0.3) is 0 Å². The van der Waals surface area contributed by atoms with E-state index >= 15 is 0 Å². The summed E-state index contributed by atoms with van der Waals surface area (Å²) >= 11 is 0. The van der Waals surface area contributed by atoms with Crippen LogP contribution in [-0.2, 0) is 9.47 Å². The van der Waals surface area contributed by atoms with E-state index in [0.717, 1.165) is 19.6 Å². The topological polar surface area (TPSA) is 18.5 Å². The van der Waals surface area contributed by atoms with Gasteiger partial charge in [-0.2, -0.15) is 0 Å². The third kappa shape index (κ3) is 1.94. The largest absolute Gasteiger partial charge is 0.350 e. The van der Waals surface area contributed by atoms with Gasteiger partial charge >= 0.3 is 0 Å². The second-order valence-electron chi connectivity index (χ2n) is 4.24. The van der Waals surface area contributed by atoms with Gasteiger partial charge in [-0.25, -0.2) is 0 Å². The van der Waals surface area contributed by atoms with Crippen molar-refractivity contribution in [2.45, 2.75) is 33.0 Å². The summed E-state index contributed by atoms with van der Waals surface area (Å²) in [5, 5.41) is 0. The molecule has 1 fully saturated rings. The lowest BCUT2D eigenvalue weighted by Gasteiger charge is -2.30. The molecular formula is C11H18O2. The molecule has 0 aromatic heterocycles. The molecule has 0 aromatic carbocycles. The van der Waals surface area contributed by atoms with Crippen molar-refractivity contribution in [1.29, 1.82) is 0 Å². The fraction of sp³-hybridized carbons (Fsp3) is 0.818. The Morgan fingerprint density at radius 2 is 2.00 bits per heavy atom. The quantitative estimate of drug-likeness (QED) is 0.579. The number of allylic oxidation sites excluding steroid dienone is 2. The second-order valence-corrected chi connectivity index (χ2v) is 4.24. The molecule has 1 aliphatic carbocycles. The first-order valence-corrected chi connectivity index (χ1v) is 5.16. The second kappa shape index (κ2) is 3.81. The molecule has 13 heavy (non-hydrogen) atoms. The molecule has 0 amide bonds. The Morgan fingerprint density at radius 1 is 1.31 bits per heavy atom. The Balaban J connectivity index is 1.99. The van der Waals surface area contributed by atoms with Gasteiger partial charge in [0.2, 0.25) is 0 Å². The molecule has 0 N–H and O–H groups in total. The van der Waals surface area contributed by atoms with Gasteiger partial charge in [-0.05, 0) is 25.7 Å². The van der Waals surface area contributed by atoms with Crippen LogP contribution in [0.4, 0.5) is 0 Å². The first-order chi connectivity index (χ1) is 6.27. The van der Waals surface area contributed by atoms with Crippen LogP contribution in [0.1, 0.15) is 26.7 Å². The minimum atomic E-state index is 0.0688. The maximum Gasteiger partial charge on any atom is 0.161 e. The van der Waals surface area contributed by atoms with Crippen molar-refractivity contribution in [3.05, 3.63) is 11.6 Å². The van der Waals surface area contributed by atoms with Gasteiger partial charge in [-0.15, -0.1) is 0 Å². The van der Waals surface area contributed by atoms with Crippen molar-refractivity contribution >= 4 is 0 Å². The van der Waals surface area contributed by atoms with Crippen molar-refractivity contribution in [3.8, 4) is 0 Å². The molecule has 2 aliphatic rings. The third-order valence-corrected chi connectivity index (χ3v) is 3.11. The molecule has 2 heteroatoms. The highest BCUT2D eigenvalue weighted by atomic mass is 16.7. The molecule has 1 saturated heterocycles. The number of hydrogen-bond acceptors (Lipinski definition) is 2. The Hall–Kier alpha value is -0.340. The predicted octanol–water partition coefficient (Wildman–Crippen LogP) is 2.35. The van der Waals surface area contributed by atoms with E-state index in [1.54, 1.807) is 0 Å². The summed E-state index contributed by atoms with van der Waals surface area (Å²) in [5.41, 5.74) is 1.52. The highest BCUT2D eigenvalue weighted by molar-refractivity contribution is 5.05. The molecule has 0 unspecified atom stereocenters. The fourth-order valence-corrected chi connectivity index (χ4v) is 2.32. The minimum absolute atomic E-state index is 0.0688. The van der Waals surface area contributed by atoms with Gasteiger partial charge in [0, 0.05) is 5.92 Å². The van der Waals surface area contributed by atoms with Gasteiger partial charge in [0.25, 0.3) is 0 Å². The summed E-state index contributed by atoms with van der Waals surface area (Å²) in [5.74, 6) is 1.28. The lowest BCUT2D eigenvalue weighted by molar-refractivity contribution is -0.0980. The number of rotatable bonds is 1. The summed E-state index contributed by atoms with van der Waals surface area (Å²) in [6, 6.07) is 0. The highest BCUT2D eigenvalue weighted by Gasteiger charge is 2.32. The van der Waals surface area contributed by atoms with Crippen molar-refractivity contribution < 1.29 is 9.47 Å². The summed E-state index contributed by atoms with van der Waals surface area (Å²) in [6.45, 7) is 6.06. The van der Waals surface area contributed by atoms with Crippen molar-refractivity contribution in [2.24, 2.45) is 11.8 Å². The summed E-state index contributed by atoms with van der Waals surface area (Å²) < 4.78 is 11.1. The average molecular weight is 182 g/mol. The maximum absolute atomic E-state index is 5.55. The van der Waals surface area contributed by atoms with E-state index in [0.29, 0.717) is 11.8 Å². The van der Waals surface area contributed by atoms with E-state index in [1.807, 2.05) is 0 Å². The van der Waals surface area contributed by atoms with Crippen LogP contribution < -0.4 is 0 Å². The maximum atomic E-state index is 5.55. The zero-order chi connectivity index (χ0) is 9.26. The number of ether oxygens (including phenoxy) is 2. The van der Waals surface area contributed by atoms with E-state index < -0.39 is 0 Å². The molecule has 74 valence electrons. The molecule has 2 rings (SSSR count). The number of hydrogen-bond donors (Lipinski definition) is 0. The van der Waals surface area contributed by atoms with E-state index in [9.17, 15) is 0 Å². The van der Waals surface area contributed by atoms with Crippen molar-refractivity contribution in [3.63, 3.8) is 0 Å². The van der Waals surface area contributed by atoms with Crippen molar-refractivity contribution in [1.82, 2.24) is 0 Å². The molecule has 1 heterocycles. The van der Waals surface area contributed by atoms with Gasteiger partial charge < -0.3 is 9.47 Å². The Morgan fingerprint density at radius 3 is 2.62 bits per heavy atom. The van der Waals surface area contributed by atoms with Crippen LogP contribution in [0.2, 0.25) is 0 Å². The smallest absolute Gasteiger partial charge is 0.161 e. The lowest BCUT2D eigenvalue weighted by Crippen LogP contribution is -2.29. The van der Waals surface area contributed by atoms with E-state index in [4.69, 9.17) is 9.47 Å². The monoisotopic (exact) mass is 182 g/mol. The first kappa shape index (κ1) is 9.22. The average Bonchev–Trinajstić information content (AvgIpc) is 2.56. The Labute approximate surface area is 79.9 Å². The fourth-order valence-electron chi connectivity index (χ4n) is 2.32. The standard InChI is InChI=1S/C11H18O2/c1-8-3-4-10(9(2)7-8)11-12-5-6-13-11/h3,9-11H,4-7H2,1-2H3/t9-,10-/m1/s1. The first-order valence-electron chi connectivity index (χ1n) is 5.16. The molecule has 0 radical (unpaired) electrons. The molecule has 0 aromatic rings. The SMILES string of the molecule is CC1=CC[C@@H](C2OCCO2)[C@H](C)C1. The molecule has 0 bridgehead atoms. The van der Waals surface area contributed by atoms with Crippen LogP contribution in [0.5, 0.6) is 0 Å². The molecule has 1 aliphatic heterocycles. The lowest BCUT2D eigenvalue weighted by atomic mass is 9.81. The molecule has 0 spiro atoms. The summed E-state index contributed by atoms with van der Waals surface area (Å²) in [4.78, 5) is 0. The van der Waals surface area contributed by atoms with Gasteiger partial charge in [0.05, 0.1) is 13.2 Å². The Bertz CT molecular complexity index is 204. The van der Waals surface area contributed by atoms with Crippen LogP contribution in [0, 0.1) is 11.8 Å². The normalized spacial score (nSPS) is 36.3. The molecular weight excluding hydrogens is 164 g/mol. The van der Waals surface area contributed by atoms with Crippen LogP contribution in [0.3, 0.4) is 0 Å². The van der Waals surface area contributed by atoms with Crippen LogP contribution >= 0.6 is 0 Å². The van der Waals surface area contributed by atoms with Gasteiger partial charge in [-0.1, -0.05) is 18.6 Å². The minimum Gasteiger partial charge on any atom is -0.350 e. The molecule has 2 atom stereocenters. The summed E-state index contributed by atoms with van der Waals surface area (Å²) in [7, 11) is 0. The van der Waals surface area contributed by atoms with E-state index in [-0.39, 0.29) is 6.29 Å². The predicted molar refractivity (Wildman–Crippen MR) is 51.3 cm³/mol. The van der Waals surface area contributed by atoms with Crippen LogP contribution in [0.15, 0.2) is 11.6 Å². The summed E-state index contributed by atoms with van der Waals surface area (Å²) in [6.07, 6.45) is 4.72. The van der Waals surface area contributed by atoms with Gasteiger partial charge in [0.15, 0.2) is 6.29 Å². The van der Waals surface area contributed by atoms with Gasteiger partial charge in [0.1, 0.15) is 0 Å². The van der Waals surface area contributed by atoms with E-state index in [1.165, 1.54) is 12.0 Å². The molecule has 0 saturated carbocycles. The zero-order valence-corrected chi connectivity index (χ0v) is 8.45. The van der Waals surface area contributed by atoms with Gasteiger partial charge in [-0.3, -0.25) is 0 Å². The third-order valence-electron chi connectivity index (χ3n) is 3.11. The van der Waals surface area contributed by atoms with Crippen molar-refractivity contribution in [2.75, 3.05) is 13.2 Å². The van der Waals surface area contributed by atoms with E-state index in [2.05, 4.69) is 19.9 Å². The Kier molecular flexibility index (Phi) is 2.70. The zero-order valence-electron chi connectivity index (χ0n) is 8.45.